The smallest absolute Gasteiger partial charge is 0.229 e. The first-order valence-electron chi connectivity index (χ1n) is 9.10. The summed E-state index contributed by atoms with van der Waals surface area (Å²) in [6.07, 6.45) is 6.84. The molecule has 3 heterocycles. The second kappa shape index (κ2) is 7.98. The maximum atomic E-state index is 12.8. The highest BCUT2D eigenvalue weighted by atomic mass is 35.5. The van der Waals surface area contributed by atoms with Crippen molar-refractivity contribution in [3.8, 4) is 5.75 Å². The Kier molecular flexibility index (Phi) is 5.25. The van der Waals surface area contributed by atoms with Crippen LogP contribution in [0.2, 0.25) is 5.02 Å². The summed E-state index contributed by atoms with van der Waals surface area (Å²) in [5.74, 6) is 0.446. The van der Waals surface area contributed by atoms with Gasteiger partial charge in [0.1, 0.15) is 11.3 Å². The van der Waals surface area contributed by atoms with Gasteiger partial charge in [0, 0.05) is 31.2 Å². The molecule has 1 N–H and O–H groups in total. The van der Waals surface area contributed by atoms with Gasteiger partial charge in [-0.25, -0.2) is 9.97 Å². The Hall–Kier alpha value is -2.93. The normalized spacial score (nSPS) is 16.8. The summed E-state index contributed by atoms with van der Waals surface area (Å²) in [7, 11) is 1.56. The Morgan fingerprint density at radius 3 is 2.93 bits per heavy atom. The summed E-state index contributed by atoms with van der Waals surface area (Å²) in [6, 6.07) is 7.20. The van der Waals surface area contributed by atoms with Gasteiger partial charge in [-0.3, -0.25) is 9.78 Å². The molecule has 1 aromatic carbocycles. The fraction of sp³-hybridized carbons (Fsp3) is 0.300. The molecule has 0 radical (unpaired) electrons. The number of anilines is 2. The Bertz CT molecular complexity index is 1010. The second-order valence-corrected chi connectivity index (χ2v) is 7.12. The predicted molar refractivity (Wildman–Crippen MR) is 109 cm³/mol. The zero-order chi connectivity index (χ0) is 19.5. The number of benzene rings is 1. The number of rotatable bonds is 4. The van der Waals surface area contributed by atoms with Gasteiger partial charge >= 0.3 is 0 Å². The van der Waals surface area contributed by atoms with Gasteiger partial charge in [-0.1, -0.05) is 11.6 Å². The molecule has 1 unspecified atom stereocenters. The summed E-state index contributed by atoms with van der Waals surface area (Å²) >= 11 is 6.15. The van der Waals surface area contributed by atoms with Crippen molar-refractivity contribution in [2.45, 2.75) is 12.8 Å². The van der Waals surface area contributed by atoms with Crippen molar-refractivity contribution >= 4 is 40.0 Å². The molecule has 0 spiro atoms. The second-order valence-electron chi connectivity index (χ2n) is 6.72. The van der Waals surface area contributed by atoms with Crippen LogP contribution in [0.4, 0.5) is 11.4 Å². The molecule has 1 atom stereocenters. The van der Waals surface area contributed by atoms with Gasteiger partial charge in [-0.2, -0.15) is 0 Å². The van der Waals surface area contributed by atoms with Crippen LogP contribution >= 0.6 is 11.6 Å². The molecule has 7 nitrogen and oxygen atoms in total. The van der Waals surface area contributed by atoms with E-state index in [1.807, 2.05) is 6.07 Å². The van der Waals surface area contributed by atoms with Crippen molar-refractivity contribution in [2.24, 2.45) is 5.92 Å². The standard InChI is InChI=1S/C20H20ClN5O2/c1-28-18-5-4-14(9-16(18)21)25-20(27)13-3-2-8-26(12-13)15-10-17-19(24-11-15)23-7-6-22-17/h4-7,9-11,13H,2-3,8,12H2,1H3,(H,25,27). The highest BCUT2D eigenvalue weighted by Gasteiger charge is 2.26. The van der Waals surface area contributed by atoms with Crippen molar-refractivity contribution < 1.29 is 9.53 Å². The zero-order valence-electron chi connectivity index (χ0n) is 15.4. The van der Waals surface area contributed by atoms with Crippen LogP contribution < -0.4 is 15.0 Å². The molecule has 0 bridgehead atoms. The molecule has 2 aromatic heterocycles. The third-order valence-electron chi connectivity index (χ3n) is 4.89. The number of halogens is 1. The number of fused-ring (bicyclic) bond motifs is 1. The maximum absolute atomic E-state index is 12.8. The molecule has 28 heavy (non-hydrogen) atoms. The Morgan fingerprint density at radius 2 is 2.11 bits per heavy atom. The number of nitrogens with one attached hydrogen (secondary N) is 1. The van der Waals surface area contributed by atoms with E-state index in [9.17, 15) is 4.79 Å². The summed E-state index contributed by atoms with van der Waals surface area (Å²) in [4.78, 5) is 27.8. The molecule has 1 aliphatic rings. The number of carbonyl (C=O) groups excluding carboxylic acids is 1. The number of methoxy groups -OCH3 is 1. The number of aromatic nitrogens is 3. The number of amides is 1. The monoisotopic (exact) mass is 397 g/mol. The van der Waals surface area contributed by atoms with Gasteiger partial charge < -0.3 is 15.0 Å². The van der Waals surface area contributed by atoms with E-state index in [-0.39, 0.29) is 11.8 Å². The van der Waals surface area contributed by atoms with Crippen LogP contribution in [0.15, 0.2) is 42.9 Å². The Morgan fingerprint density at radius 1 is 1.25 bits per heavy atom. The summed E-state index contributed by atoms with van der Waals surface area (Å²) < 4.78 is 5.15. The zero-order valence-corrected chi connectivity index (χ0v) is 16.2. The molecule has 4 rings (SSSR count). The molecule has 0 aliphatic carbocycles. The first kappa shape index (κ1) is 18.4. The molecule has 8 heteroatoms. The van der Waals surface area contributed by atoms with E-state index >= 15 is 0 Å². The minimum atomic E-state index is -0.118. The van der Waals surface area contributed by atoms with Gasteiger partial charge in [0.25, 0.3) is 0 Å². The number of hydrogen-bond donors (Lipinski definition) is 1. The Labute approximate surface area is 167 Å². The average Bonchev–Trinajstić information content (AvgIpc) is 2.73. The van der Waals surface area contributed by atoms with E-state index in [1.165, 1.54) is 0 Å². The van der Waals surface area contributed by atoms with Crippen molar-refractivity contribution in [3.63, 3.8) is 0 Å². The van der Waals surface area contributed by atoms with Crippen molar-refractivity contribution in [1.29, 1.82) is 0 Å². The minimum Gasteiger partial charge on any atom is -0.495 e. The highest BCUT2D eigenvalue weighted by molar-refractivity contribution is 6.32. The lowest BCUT2D eigenvalue weighted by Crippen LogP contribution is -2.40. The van der Waals surface area contributed by atoms with Gasteiger partial charge in [-0.05, 0) is 37.1 Å². The molecule has 1 saturated heterocycles. The minimum absolute atomic E-state index is 0.0144. The van der Waals surface area contributed by atoms with E-state index in [1.54, 1.807) is 43.9 Å². The molecular weight excluding hydrogens is 378 g/mol. The van der Waals surface area contributed by atoms with E-state index in [2.05, 4.69) is 25.2 Å². The summed E-state index contributed by atoms with van der Waals surface area (Å²) in [5.41, 5.74) is 2.99. The largest absolute Gasteiger partial charge is 0.495 e. The van der Waals surface area contributed by atoms with Gasteiger partial charge in [-0.15, -0.1) is 0 Å². The van der Waals surface area contributed by atoms with Crippen LogP contribution in [-0.4, -0.2) is 41.1 Å². The molecule has 144 valence electrons. The molecule has 0 saturated carbocycles. The third-order valence-corrected chi connectivity index (χ3v) is 5.18. The highest BCUT2D eigenvalue weighted by Crippen LogP contribution is 2.29. The van der Waals surface area contributed by atoms with Gasteiger partial charge in [0.05, 0.1) is 29.9 Å². The number of nitrogens with zero attached hydrogens (tertiary/aromatic N) is 4. The van der Waals surface area contributed by atoms with Crippen molar-refractivity contribution in [3.05, 3.63) is 47.9 Å². The average molecular weight is 398 g/mol. The molecular formula is C20H20ClN5O2. The molecule has 1 amide bonds. The van der Waals surface area contributed by atoms with Crippen LogP contribution in [-0.2, 0) is 4.79 Å². The molecule has 1 aliphatic heterocycles. The maximum Gasteiger partial charge on any atom is 0.229 e. The third kappa shape index (κ3) is 3.84. The van der Waals surface area contributed by atoms with Crippen LogP contribution in [0.3, 0.4) is 0 Å². The van der Waals surface area contributed by atoms with Crippen molar-refractivity contribution in [2.75, 3.05) is 30.4 Å². The lowest BCUT2D eigenvalue weighted by molar-refractivity contribution is -0.120. The van der Waals surface area contributed by atoms with Gasteiger partial charge in [0.2, 0.25) is 5.91 Å². The lowest BCUT2D eigenvalue weighted by Gasteiger charge is -2.33. The van der Waals surface area contributed by atoms with Crippen LogP contribution in [0.1, 0.15) is 12.8 Å². The number of ether oxygens (including phenoxy) is 1. The van der Waals surface area contributed by atoms with Crippen molar-refractivity contribution in [1.82, 2.24) is 15.0 Å². The number of pyridine rings is 1. The van der Waals surface area contributed by atoms with Crippen LogP contribution in [0.25, 0.3) is 11.2 Å². The topological polar surface area (TPSA) is 80.2 Å². The predicted octanol–water partition coefficient (Wildman–Crippen LogP) is 3.54. The first-order chi connectivity index (χ1) is 13.6. The van der Waals surface area contributed by atoms with E-state index in [0.717, 1.165) is 30.6 Å². The molecule has 3 aromatic rings. The Balaban J connectivity index is 1.46. The van der Waals surface area contributed by atoms with E-state index in [4.69, 9.17) is 16.3 Å². The fourth-order valence-electron chi connectivity index (χ4n) is 3.43. The quantitative estimate of drug-likeness (QED) is 0.725. The van der Waals surface area contributed by atoms with Crippen LogP contribution in [0.5, 0.6) is 5.75 Å². The van der Waals surface area contributed by atoms with E-state index in [0.29, 0.717) is 28.7 Å². The number of carbonyl (C=O) groups is 1. The first-order valence-corrected chi connectivity index (χ1v) is 9.48. The van der Waals surface area contributed by atoms with E-state index < -0.39 is 0 Å². The number of hydrogen-bond acceptors (Lipinski definition) is 6. The SMILES string of the molecule is COc1ccc(NC(=O)C2CCCN(c3cnc4nccnc4c3)C2)cc1Cl. The fourth-order valence-corrected chi connectivity index (χ4v) is 3.69. The summed E-state index contributed by atoms with van der Waals surface area (Å²) in [6.45, 7) is 1.51. The van der Waals surface area contributed by atoms with Crippen LogP contribution in [0, 0.1) is 5.92 Å². The summed E-state index contributed by atoms with van der Waals surface area (Å²) in [5, 5.41) is 3.43. The number of piperidine rings is 1. The molecule has 1 fully saturated rings. The van der Waals surface area contributed by atoms with Gasteiger partial charge in [0.15, 0.2) is 5.65 Å². The lowest BCUT2D eigenvalue weighted by atomic mass is 9.96.